The molecule has 0 radical (unpaired) electrons. The van der Waals surface area contributed by atoms with Crippen LogP contribution in [0.15, 0.2) is 55.0 Å². The highest BCUT2D eigenvalue weighted by Gasteiger charge is 2.23. The molecule has 5 heteroatoms. The van der Waals surface area contributed by atoms with Gasteiger partial charge in [0.25, 0.3) is 0 Å². The monoisotopic (exact) mass is 360 g/mol. The highest BCUT2D eigenvalue weighted by molar-refractivity contribution is 5.96. The maximum atomic E-state index is 6.24. The fraction of sp³-hybridized carbons (Fsp3) is 0.273. The van der Waals surface area contributed by atoms with Crippen molar-refractivity contribution >= 4 is 22.3 Å². The minimum Gasteiger partial charge on any atom is -0.356 e. The number of dihydropyridines is 1. The highest BCUT2D eigenvalue weighted by atomic mass is 16.5. The van der Waals surface area contributed by atoms with E-state index in [0.717, 1.165) is 39.1 Å². The SMILES string of the molecule is Cc1ncccc1C1=CC(c2c[nH]c3ncccc23)=CC(OC(C)(C)C)N1. The van der Waals surface area contributed by atoms with Crippen molar-refractivity contribution in [2.24, 2.45) is 0 Å². The van der Waals surface area contributed by atoms with E-state index in [0.29, 0.717) is 0 Å². The summed E-state index contributed by atoms with van der Waals surface area (Å²) in [5.74, 6) is 0. The molecule has 5 nitrogen and oxygen atoms in total. The standard InChI is InChI=1S/C22H24N4O/c1-14-16(7-5-9-23-14)19-11-15(12-20(26-19)27-22(2,3)4)18-13-25-21-17(18)8-6-10-24-21/h5-13,20,26H,1-4H3,(H,24,25). The zero-order valence-electron chi connectivity index (χ0n) is 16.1. The van der Waals surface area contributed by atoms with Crippen LogP contribution in [0.1, 0.15) is 37.6 Å². The van der Waals surface area contributed by atoms with Crippen LogP contribution in [0, 0.1) is 6.92 Å². The zero-order valence-corrected chi connectivity index (χ0v) is 16.1. The average molecular weight is 360 g/mol. The van der Waals surface area contributed by atoms with E-state index in [2.05, 4.69) is 65.3 Å². The van der Waals surface area contributed by atoms with Gasteiger partial charge in [0.2, 0.25) is 0 Å². The van der Waals surface area contributed by atoms with Crippen molar-refractivity contribution in [3.8, 4) is 0 Å². The molecule has 0 bridgehead atoms. The fourth-order valence-electron chi connectivity index (χ4n) is 3.33. The molecule has 0 aliphatic carbocycles. The molecule has 0 spiro atoms. The van der Waals surface area contributed by atoms with E-state index in [1.54, 1.807) is 6.20 Å². The van der Waals surface area contributed by atoms with Crippen LogP contribution in [0.2, 0.25) is 0 Å². The summed E-state index contributed by atoms with van der Waals surface area (Å²) in [7, 11) is 0. The van der Waals surface area contributed by atoms with Crippen molar-refractivity contribution in [2.75, 3.05) is 0 Å². The lowest BCUT2D eigenvalue weighted by Crippen LogP contribution is -2.37. The van der Waals surface area contributed by atoms with Crippen molar-refractivity contribution in [1.82, 2.24) is 20.3 Å². The molecule has 1 aliphatic rings. The molecule has 2 N–H and O–H groups in total. The molecule has 4 heterocycles. The Bertz CT molecular complexity index is 1040. The second kappa shape index (κ2) is 6.67. The molecule has 0 fully saturated rings. The summed E-state index contributed by atoms with van der Waals surface area (Å²) < 4.78 is 6.24. The van der Waals surface area contributed by atoms with Gasteiger partial charge < -0.3 is 15.0 Å². The van der Waals surface area contributed by atoms with Crippen molar-refractivity contribution in [1.29, 1.82) is 0 Å². The third-order valence-electron chi connectivity index (χ3n) is 4.47. The Kier molecular flexibility index (Phi) is 4.32. The lowest BCUT2D eigenvalue weighted by Gasteiger charge is -2.31. The van der Waals surface area contributed by atoms with E-state index in [1.165, 1.54) is 0 Å². The van der Waals surface area contributed by atoms with Crippen molar-refractivity contribution in [3.05, 3.63) is 71.8 Å². The Morgan fingerprint density at radius 3 is 2.59 bits per heavy atom. The smallest absolute Gasteiger partial charge is 0.148 e. The third kappa shape index (κ3) is 3.64. The van der Waals surface area contributed by atoms with Crippen LogP contribution in [-0.2, 0) is 4.74 Å². The van der Waals surface area contributed by atoms with Gasteiger partial charge in [-0.15, -0.1) is 0 Å². The van der Waals surface area contributed by atoms with Gasteiger partial charge in [-0.05, 0) is 69.7 Å². The topological polar surface area (TPSA) is 62.8 Å². The first-order valence-corrected chi connectivity index (χ1v) is 9.13. The molecule has 3 aromatic heterocycles. The van der Waals surface area contributed by atoms with Gasteiger partial charge in [0, 0.05) is 46.5 Å². The molecule has 27 heavy (non-hydrogen) atoms. The average Bonchev–Trinajstić information content (AvgIpc) is 3.04. The normalized spacial score (nSPS) is 17.4. The molecule has 1 atom stereocenters. The van der Waals surface area contributed by atoms with Crippen LogP contribution in [0.4, 0.5) is 0 Å². The summed E-state index contributed by atoms with van der Waals surface area (Å²) in [5, 5.41) is 4.60. The number of H-pyrrole nitrogens is 1. The predicted octanol–water partition coefficient (Wildman–Crippen LogP) is 4.44. The van der Waals surface area contributed by atoms with E-state index in [9.17, 15) is 0 Å². The van der Waals surface area contributed by atoms with Gasteiger partial charge in [-0.25, -0.2) is 4.98 Å². The summed E-state index contributed by atoms with van der Waals surface area (Å²) in [6.45, 7) is 8.20. The number of aryl methyl sites for hydroxylation is 1. The predicted molar refractivity (Wildman–Crippen MR) is 109 cm³/mol. The van der Waals surface area contributed by atoms with Crippen LogP contribution in [0.5, 0.6) is 0 Å². The van der Waals surface area contributed by atoms with Gasteiger partial charge in [0.15, 0.2) is 0 Å². The minimum atomic E-state index is -0.270. The lowest BCUT2D eigenvalue weighted by molar-refractivity contribution is -0.0452. The molecular weight excluding hydrogens is 336 g/mol. The van der Waals surface area contributed by atoms with Gasteiger partial charge in [-0.2, -0.15) is 0 Å². The maximum absolute atomic E-state index is 6.24. The van der Waals surface area contributed by atoms with Crippen LogP contribution < -0.4 is 5.32 Å². The number of hydrogen-bond acceptors (Lipinski definition) is 4. The second-order valence-electron chi connectivity index (χ2n) is 7.71. The zero-order chi connectivity index (χ0) is 19.0. The van der Waals surface area contributed by atoms with Crippen LogP contribution in [-0.4, -0.2) is 26.8 Å². The molecule has 0 aromatic carbocycles. The minimum absolute atomic E-state index is 0.235. The van der Waals surface area contributed by atoms with E-state index in [-0.39, 0.29) is 11.8 Å². The first-order valence-electron chi connectivity index (χ1n) is 9.13. The van der Waals surface area contributed by atoms with Gasteiger partial charge in [0.05, 0.1) is 5.60 Å². The summed E-state index contributed by atoms with van der Waals surface area (Å²) in [6.07, 6.45) is 9.66. The van der Waals surface area contributed by atoms with Crippen molar-refractivity contribution in [3.63, 3.8) is 0 Å². The second-order valence-corrected chi connectivity index (χ2v) is 7.71. The number of nitrogens with zero attached hydrogens (tertiary/aromatic N) is 2. The van der Waals surface area contributed by atoms with Crippen molar-refractivity contribution in [2.45, 2.75) is 39.5 Å². The number of aromatic amines is 1. The number of allylic oxidation sites excluding steroid dienone is 2. The maximum Gasteiger partial charge on any atom is 0.148 e. The van der Waals surface area contributed by atoms with Crippen LogP contribution in [0.3, 0.4) is 0 Å². The lowest BCUT2D eigenvalue weighted by atomic mass is 9.98. The molecule has 0 saturated carbocycles. The quantitative estimate of drug-likeness (QED) is 0.725. The van der Waals surface area contributed by atoms with E-state index < -0.39 is 0 Å². The molecular formula is C22H24N4O. The number of pyridine rings is 2. The van der Waals surface area contributed by atoms with E-state index in [4.69, 9.17) is 4.74 Å². The summed E-state index contributed by atoms with van der Waals surface area (Å²) in [5.41, 5.74) is 5.88. The summed E-state index contributed by atoms with van der Waals surface area (Å²) >= 11 is 0. The highest BCUT2D eigenvalue weighted by Crippen LogP contribution is 2.31. The summed E-state index contributed by atoms with van der Waals surface area (Å²) in [4.78, 5) is 12.1. The number of hydrogen-bond donors (Lipinski definition) is 2. The first-order chi connectivity index (χ1) is 12.9. The van der Waals surface area contributed by atoms with Gasteiger partial charge >= 0.3 is 0 Å². The number of rotatable bonds is 3. The summed E-state index contributed by atoms with van der Waals surface area (Å²) in [6, 6.07) is 8.08. The Morgan fingerprint density at radius 1 is 1.04 bits per heavy atom. The number of fused-ring (bicyclic) bond motifs is 1. The number of ether oxygens (including phenoxy) is 1. The molecule has 1 aliphatic heterocycles. The third-order valence-corrected chi connectivity index (χ3v) is 4.47. The molecule has 1 unspecified atom stereocenters. The number of aromatic nitrogens is 3. The molecule has 4 rings (SSSR count). The van der Waals surface area contributed by atoms with E-state index in [1.807, 2.05) is 31.5 Å². The van der Waals surface area contributed by atoms with Gasteiger partial charge in [0.1, 0.15) is 11.9 Å². The first kappa shape index (κ1) is 17.5. The van der Waals surface area contributed by atoms with Crippen LogP contribution >= 0.6 is 0 Å². The van der Waals surface area contributed by atoms with Gasteiger partial charge in [-0.3, -0.25) is 4.98 Å². The van der Waals surface area contributed by atoms with Gasteiger partial charge in [-0.1, -0.05) is 0 Å². The number of nitrogens with one attached hydrogen (secondary N) is 2. The van der Waals surface area contributed by atoms with Crippen molar-refractivity contribution < 1.29 is 4.74 Å². The molecule has 3 aromatic rings. The largest absolute Gasteiger partial charge is 0.356 e. The molecule has 138 valence electrons. The Balaban J connectivity index is 1.82. The Hall–Kier alpha value is -2.92. The Morgan fingerprint density at radius 2 is 1.81 bits per heavy atom. The van der Waals surface area contributed by atoms with Crippen LogP contribution in [0.25, 0.3) is 22.3 Å². The van der Waals surface area contributed by atoms with E-state index >= 15 is 0 Å². The Labute approximate surface area is 159 Å². The molecule has 0 saturated heterocycles. The molecule has 0 amide bonds. The fourth-order valence-corrected chi connectivity index (χ4v) is 3.33.